The minimum Gasteiger partial charge on any atom is -0.290 e. The lowest BCUT2D eigenvalue weighted by Gasteiger charge is -2.39. The molecule has 0 bridgehead atoms. The molecule has 42 heavy (non-hydrogen) atoms. The summed E-state index contributed by atoms with van der Waals surface area (Å²) in [4.78, 5) is 1.99. The molecule has 4 rings (SSSR count). The van der Waals surface area contributed by atoms with Crippen LogP contribution in [-0.2, 0) is 40.3 Å². The number of benzene rings is 4. The molecule has 0 heterocycles. The Morgan fingerprint density at radius 2 is 1.12 bits per heavy atom. The van der Waals surface area contributed by atoms with E-state index in [9.17, 15) is 12.6 Å². The highest BCUT2D eigenvalue weighted by molar-refractivity contribution is 7.92. The lowest BCUT2D eigenvalue weighted by Crippen LogP contribution is -2.58. The molecule has 222 valence electrons. The number of nitrogens with zero attached hydrogens (tertiary/aromatic N) is 1. The van der Waals surface area contributed by atoms with Gasteiger partial charge < -0.3 is 0 Å². The summed E-state index contributed by atoms with van der Waals surface area (Å²) < 4.78 is 60.2. The van der Waals surface area contributed by atoms with Crippen LogP contribution in [0.4, 0.5) is 4.39 Å². The van der Waals surface area contributed by atoms with Gasteiger partial charge in [0.15, 0.2) is 0 Å². The van der Waals surface area contributed by atoms with Crippen molar-refractivity contribution in [3.63, 3.8) is 0 Å². The molecule has 0 aliphatic rings. The topological polar surface area (TPSA) is 66.5 Å². The maximum Gasteiger partial charge on any atom is 0.222 e. The van der Waals surface area contributed by atoms with Crippen LogP contribution in [0.1, 0.15) is 37.5 Å². The Kier molecular flexibility index (Phi) is 10.8. The molecule has 4 aromatic rings. The van der Waals surface area contributed by atoms with Crippen molar-refractivity contribution in [1.29, 1.82) is 0 Å². The van der Waals surface area contributed by atoms with E-state index < -0.39 is 43.2 Å². The third-order valence-electron chi connectivity index (χ3n) is 7.08. The Labute approximate surface area is 252 Å². The number of alkyl halides is 1. The molecule has 0 spiro atoms. The Morgan fingerprint density at radius 1 is 0.714 bits per heavy atom. The maximum atomic E-state index is 16.9. The first kappa shape index (κ1) is 31.8. The zero-order valence-electron chi connectivity index (χ0n) is 24.3. The molecule has 0 aliphatic heterocycles. The molecule has 4 aromatic carbocycles. The second-order valence-electron chi connectivity index (χ2n) is 11.4. The van der Waals surface area contributed by atoms with Crippen LogP contribution < -0.4 is 4.72 Å². The minimum absolute atomic E-state index is 0.109. The van der Waals surface area contributed by atoms with Gasteiger partial charge in [0.25, 0.3) is 0 Å². The number of hydrogen-bond acceptors (Lipinski definition) is 4. The predicted molar refractivity (Wildman–Crippen MR) is 169 cm³/mol. The van der Waals surface area contributed by atoms with E-state index in [0.717, 1.165) is 16.7 Å². The van der Waals surface area contributed by atoms with E-state index in [0.29, 0.717) is 19.5 Å². The van der Waals surface area contributed by atoms with Crippen LogP contribution in [0.5, 0.6) is 0 Å². The Bertz CT molecular complexity index is 1470. The molecule has 0 saturated carbocycles. The second-order valence-corrected chi connectivity index (χ2v) is 15.4. The molecule has 0 radical (unpaired) electrons. The molecule has 1 N–H and O–H groups in total. The van der Waals surface area contributed by atoms with Gasteiger partial charge in [-0.3, -0.25) is 4.90 Å². The van der Waals surface area contributed by atoms with Gasteiger partial charge in [0.1, 0.15) is 0 Å². The van der Waals surface area contributed by atoms with Crippen LogP contribution in [0.25, 0.3) is 0 Å². The molecular formula is C34H39FN2O3S2. The fourth-order valence-corrected chi connectivity index (χ4v) is 7.20. The molecule has 0 saturated heterocycles. The fourth-order valence-electron chi connectivity index (χ4n) is 4.81. The number of hydrogen-bond donors (Lipinski definition) is 1. The Hall–Kier alpha value is -3.17. The van der Waals surface area contributed by atoms with Gasteiger partial charge in [-0.2, -0.15) is 0 Å². The summed E-state index contributed by atoms with van der Waals surface area (Å²) in [7, 11) is -6.18. The van der Waals surface area contributed by atoms with Crippen LogP contribution in [0.3, 0.4) is 0 Å². The van der Waals surface area contributed by atoms with E-state index in [2.05, 4.69) is 9.62 Å². The van der Waals surface area contributed by atoms with Crippen LogP contribution >= 0.6 is 0 Å². The first-order valence-corrected chi connectivity index (χ1v) is 16.7. The molecule has 0 fully saturated rings. The Balaban J connectivity index is 1.86. The number of nitrogens with one attached hydrogen (secondary N) is 1. The molecule has 8 heteroatoms. The highest BCUT2D eigenvalue weighted by Crippen LogP contribution is 2.28. The summed E-state index contributed by atoms with van der Waals surface area (Å²) in [5.41, 5.74) is 0.562. The largest absolute Gasteiger partial charge is 0.290 e. The third-order valence-corrected chi connectivity index (χ3v) is 10.5. The Morgan fingerprint density at radius 3 is 1.55 bits per heavy atom. The van der Waals surface area contributed by atoms with Crippen molar-refractivity contribution in [2.75, 3.05) is 0 Å². The number of halogens is 1. The third kappa shape index (κ3) is 8.44. The molecule has 0 aromatic heterocycles. The normalized spacial score (nSPS) is 15.2. The van der Waals surface area contributed by atoms with Gasteiger partial charge >= 0.3 is 0 Å². The smallest absolute Gasteiger partial charge is 0.222 e. The first-order valence-electron chi connectivity index (χ1n) is 14.0. The minimum atomic E-state index is -4.44. The van der Waals surface area contributed by atoms with E-state index in [1.807, 2.05) is 91.0 Å². The van der Waals surface area contributed by atoms with E-state index in [-0.39, 0.29) is 4.90 Å². The van der Waals surface area contributed by atoms with Gasteiger partial charge in [0.05, 0.1) is 26.7 Å². The van der Waals surface area contributed by atoms with E-state index in [4.69, 9.17) is 0 Å². The summed E-state index contributed by atoms with van der Waals surface area (Å²) in [5, 5.41) is 0. The second kappa shape index (κ2) is 14.3. The maximum absolute atomic E-state index is 16.9. The first-order chi connectivity index (χ1) is 20.1. The van der Waals surface area contributed by atoms with E-state index in [1.54, 1.807) is 39.0 Å². The average molecular weight is 607 g/mol. The highest BCUT2D eigenvalue weighted by atomic mass is 32.2. The van der Waals surface area contributed by atoms with E-state index in [1.165, 1.54) is 12.1 Å². The van der Waals surface area contributed by atoms with Crippen molar-refractivity contribution < 1.29 is 17.0 Å². The van der Waals surface area contributed by atoms with Gasteiger partial charge in [-0.25, -0.2) is 21.7 Å². The summed E-state index contributed by atoms with van der Waals surface area (Å²) in [6.07, 6.45) is 0.338. The zero-order chi connectivity index (χ0) is 30.2. The van der Waals surface area contributed by atoms with Crippen LogP contribution in [-0.4, -0.2) is 39.9 Å². The van der Waals surface area contributed by atoms with Crippen LogP contribution in [0, 0.1) is 0 Å². The quantitative estimate of drug-likeness (QED) is 0.189. The van der Waals surface area contributed by atoms with Crippen molar-refractivity contribution in [1.82, 2.24) is 9.62 Å². The van der Waals surface area contributed by atoms with Crippen molar-refractivity contribution in [3.05, 3.63) is 138 Å². The lowest BCUT2D eigenvalue weighted by atomic mass is 9.97. The van der Waals surface area contributed by atoms with Gasteiger partial charge in [-0.1, -0.05) is 109 Å². The highest BCUT2D eigenvalue weighted by Gasteiger charge is 2.43. The molecule has 0 unspecified atom stereocenters. The number of rotatable bonds is 13. The SMILES string of the molecule is CC(C)(C)[S@@](=O)N[C@@H]([C@H](Cc1ccccc1)N(Cc1ccccc1)Cc1ccccc1)[C@H](F)S(=O)(=O)c1ccccc1. The predicted octanol–water partition coefficient (Wildman–Crippen LogP) is 6.49. The standard InChI is InChI=1S/C34H39FN2O3S2/c1-34(2,3)41(38)36-32(33(35)42(39,40)30-22-14-7-15-23-30)31(24-27-16-8-4-9-17-27)37(25-28-18-10-5-11-19-28)26-29-20-12-6-13-21-29/h4-23,31-33,36H,24-26H2,1-3H3/t31-,32-,33+,41+/m0/s1. The molecule has 0 aliphatic carbocycles. The molecule has 4 atom stereocenters. The van der Waals surface area contributed by atoms with Crippen LogP contribution in [0.2, 0.25) is 0 Å². The zero-order valence-corrected chi connectivity index (χ0v) is 25.9. The molecular weight excluding hydrogens is 568 g/mol. The number of sulfone groups is 1. The fraction of sp³-hybridized carbons (Fsp3) is 0.294. The summed E-state index contributed by atoms with van der Waals surface area (Å²) in [6, 6.07) is 35.0. The summed E-state index contributed by atoms with van der Waals surface area (Å²) in [6.45, 7) is 6.22. The monoisotopic (exact) mass is 606 g/mol. The summed E-state index contributed by atoms with van der Waals surface area (Å²) in [5.74, 6) is 0. The van der Waals surface area contributed by atoms with Crippen molar-refractivity contribution in [2.45, 2.75) is 67.5 Å². The lowest BCUT2D eigenvalue weighted by molar-refractivity contribution is 0.125. The van der Waals surface area contributed by atoms with Crippen molar-refractivity contribution in [2.24, 2.45) is 0 Å². The average Bonchev–Trinajstić information content (AvgIpc) is 2.99. The molecule has 5 nitrogen and oxygen atoms in total. The van der Waals surface area contributed by atoms with Gasteiger partial charge in [0, 0.05) is 19.1 Å². The van der Waals surface area contributed by atoms with Gasteiger partial charge in [0.2, 0.25) is 15.3 Å². The van der Waals surface area contributed by atoms with Crippen molar-refractivity contribution in [3.8, 4) is 0 Å². The van der Waals surface area contributed by atoms with Crippen molar-refractivity contribution >= 4 is 20.8 Å². The van der Waals surface area contributed by atoms with E-state index >= 15 is 4.39 Å². The molecule has 0 amide bonds. The van der Waals surface area contributed by atoms with Gasteiger partial charge in [-0.05, 0) is 56.0 Å². The van der Waals surface area contributed by atoms with Gasteiger partial charge in [-0.15, -0.1) is 0 Å². The van der Waals surface area contributed by atoms with Crippen LogP contribution in [0.15, 0.2) is 126 Å². The summed E-state index contributed by atoms with van der Waals surface area (Å²) >= 11 is 0.